The molecule has 0 bridgehead atoms. The molecule has 0 aliphatic carbocycles. The molecule has 1 saturated heterocycles. The van der Waals surface area contributed by atoms with Gasteiger partial charge in [-0.1, -0.05) is 61.5 Å². The highest BCUT2D eigenvalue weighted by molar-refractivity contribution is 5.35. The number of piperidine rings is 1. The van der Waals surface area contributed by atoms with E-state index in [0.717, 1.165) is 24.6 Å². The molecule has 140 valence electrons. The van der Waals surface area contributed by atoms with Crippen LogP contribution in [0.25, 0.3) is 0 Å². The summed E-state index contributed by atoms with van der Waals surface area (Å²) in [6.07, 6.45) is 2.02. The lowest BCUT2D eigenvalue weighted by molar-refractivity contribution is -0.911. The number of quaternary nitrogens is 1. The van der Waals surface area contributed by atoms with Gasteiger partial charge in [-0.25, -0.2) is 0 Å². The number of likely N-dealkylation sites (tertiary alicyclic amines) is 1. The van der Waals surface area contributed by atoms with Crippen molar-refractivity contribution >= 4 is 0 Å². The van der Waals surface area contributed by atoms with E-state index in [9.17, 15) is 5.11 Å². The normalized spacial score (nSPS) is 22.7. The molecule has 0 aromatic heterocycles. The number of aliphatic hydroxyl groups is 1. The second-order valence-electron chi connectivity index (χ2n) is 7.79. The highest BCUT2D eigenvalue weighted by Crippen LogP contribution is 2.28. The maximum Gasteiger partial charge on any atom is 0.126 e. The number of benzene rings is 2. The van der Waals surface area contributed by atoms with Gasteiger partial charge in [0, 0.05) is 5.92 Å². The Hall–Kier alpha value is -1.68. The Kier molecular flexibility index (Phi) is 6.84. The lowest BCUT2D eigenvalue weighted by Crippen LogP contribution is -3.14. The van der Waals surface area contributed by atoms with Gasteiger partial charge in [0.2, 0.25) is 0 Å². The minimum Gasteiger partial charge on any atom is -0.385 e. The lowest BCUT2D eigenvalue weighted by atomic mass is 9.97. The van der Waals surface area contributed by atoms with Gasteiger partial charge < -0.3 is 14.7 Å². The number of rotatable bonds is 7. The van der Waals surface area contributed by atoms with Gasteiger partial charge in [0.15, 0.2) is 0 Å². The van der Waals surface area contributed by atoms with Gasteiger partial charge in [0.25, 0.3) is 0 Å². The van der Waals surface area contributed by atoms with Crippen LogP contribution in [0.15, 0.2) is 54.6 Å². The fraction of sp³-hybridized carbons (Fsp3) is 0.478. The van der Waals surface area contributed by atoms with Crippen molar-refractivity contribution in [3.63, 3.8) is 0 Å². The van der Waals surface area contributed by atoms with Crippen LogP contribution >= 0.6 is 0 Å². The first-order chi connectivity index (χ1) is 12.6. The zero-order chi connectivity index (χ0) is 18.4. The predicted octanol–water partition coefficient (Wildman–Crippen LogP) is 2.78. The van der Waals surface area contributed by atoms with Gasteiger partial charge in [-0.15, -0.1) is 0 Å². The Morgan fingerprint density at radius 3 is 2.58 bits per heavy atom. The molecule has 3 nitrogen and oxygen atoms in total. The van der Waals surface area contributed by atoms with Crippen molar-refractivity contribution < 1.29 is 14.7 Å². The molecule has 1 aliphatic rings. The SMILES string of the molecule is Cc1ccccc1[C@H](OC[C@H](O)C[NH+]1CCC[C@H](C)C1)c1ccccc1. The van der Waals surface area contributed by atoms with Crippen molar-refractivity contribution in [1.29, 1.82) is 0 Å². The maximum atomic E-state index is 10.6. The van der Waals surface area contributed by atoms with Crippen molar-refractivity contribution in [1.82, 2.24) is 0 Å². The van der Waals surface area contributed by atoms with Gasteiger partial charge in [-0.2, -0.15) is 0 Å². The first-order valence-corrected chi connectivity index (χ1v) is 9.87. The minimum atomic E-state index is -0.425. The van der Waals surface area contributed by atoms with E-state index in [0.29, 0.717) is 6.61 Å². The van der Waals surface area contributed by atoms with E-state index in [2.05, 4.69) is 50.2 Å². The second-order valence-corrected chi connectivity index (χ2v) is 7.79. The summed E-state index contributed by atoms with van der Waals surface area (Å²) >= 11 is 0. The maximum absolute atomic E-state index is 10.6. The molecule has 2 N–H and O–H groups in total. The van der Waals surface area contributed by atoms with E-state index in [4.69, 9.17) is 4.74 Å². The number of ether oxygens (including phenoxy) is 1. The lowest BCUT2D eigenvalue weighted by Gasteiger charge is -2.30. The third-order valence-corrected chi connectivity index (χ3v) is 5.42. The van der Waals surface area contributed by atoms with Crippen molar-refractivity contribution in [2.75, 3.05) is 26.2 Å². The van der Waals surface area contributed by atoms with Crippen molar-refractivity contribution in [2.24, 2.45) is 5.92 Å². The Balaban J connectivity index is 1.65. The first kappa shape index (κ1) is 19.1. The largest absolute Gasteiger partial charge is 0.385 e. The van der Waals surface area contributed by atoms with E-state index in [1.54, 1.807) is 0 Å². The van der Waals surface area contributed by atoms with Crippen LogP contribution in [-0.4, -0.2) is 37.5 Å². The van der Waals surface area contributed by atoms with E-state index in [-0.39, 0.29) is 6.10 Å². The van der Waals surface area contributed by atoms with Crippen LogP contribution in [0.1, 0.15) is 42.6 Å². The fourth-order valence-electron chi connectivity index (χ4n) is 4.06. The Morgan fingerprint density at radius 2 is 1.85 bits per heavy atom. The van der Waals surface area contributed by atoms with Crippen LogP contribution in [-0.2, 0) is 4.74 Å². The number of nitrogens with one attached hydrogen (secondary N) is 1. The highest BCUT2D eigenvalue weighted by Gasteiger charge is 2.24. The Bertz CT molecular complexity index is 673. The summed E-state index contributed by atoms with van der Waals surface area (Å²) in [5, 5.41) is 10.6. The molecule has 1 heterocycles. The second kappa shape index (κ2) is 9.31. The van der Waals surface area contributed by atoms with Gasteiger partial charge in [0.1, 0.15) is 18.8 Å². The summed E-state index contributed by atoms with van der Waals surface area (Å²) in [7, 11) is 0. The van der Waals surface area contributed by atoms with E-state index in [1.165, 1.54) is 35.4 Å². The number of hydrogen-bond donors (Lipinski definition) is 2. The Morgan fingerprint density at radius 1 is 1.12 bits per heavy atom. The molecular weight excluding hydrogens is 322 g/mol. The molecule has 2 aromatic rings. The minimum absolute atomic E-state index is 0.137. The van der Waals surface area contributed by atoms with Crippen LogP contribution in [0.3, 0.4) is 0 Å². The molecule has 1 aliphatic heterocycles. The van der Waals surface area contributed by atoms with Crippen molar-refractivity contribution in [3.05, 3.63) is 71.3 Å². The van der Waals surface area contributed by atoms with Crippen LogP contribution in [0.4, 0.5) is 0 Å². The third kappa shape index (κ3) is 5.16. The third-order valence-electron chi connectivity index (χ3n) is 5.42. The summed E-state index contributed by atoms with van der Waals surface area (Å²) in [6.45, 7) is 7.90. The van der Waals surface area contributed by atoms with Gasteiger partial charge in [-0.3, -0.25) is 0 Å². The van der Waals surface area contributed by atoms with Crippen LogP contribution in [0, 0.1) is 12.8 Å². The molecule has 0 amide bonds. The molecule has 0 radical (unpaired) electrons. The van der Waals surface area contributed by atoms with Crippen LogP contribution in [0.5, 0.6) is 0 Å². The van der Waals surface area contributed by atoms with Crippen LogP contribution in [0.2, 0.25) is 0 Å². The predicted molar refractivity (Wildman–Crippen MR) is 105 cm³/mol. The standard InChI is InChI=1S/C23H31NO2/c1-18-9-8-14-24(15-18)16-21(25)17-26-23(20-11-4-3-5-12-20)22-13-7-6-10-19(22)2/h3-7,10-13,18,21,23,25H,8-9,14-17H2,1-2H3/p+1/t18-,21+,23+/m0/s1. The topological polar surface area (TPSA) is 33.9 Å². The summed E-state index contributed by atoms with van der Waals surface area (Å²) in [6, 6.07) is 18.6. The number of hydrogen-bond acceptors (Lipinski definition) is 2. The smallest absolute Gasteiger partial charge is 0.126 e. The molecule has 1 unspecified atom stereocenters. The van der Waals surface area contributed by atoms with Gasteiger partial charge >= 0.3 is 0 Å². The molecule has 3 rings (SSSR count). The number of aliphatic hydroxyl groups excluding tert-OH is 1. The highest BCUT2D eigenvalue weighted by atomic mass is 16.5. The molecule has 0 spiro atoms. The van der Waals surface area contributed by atoms with E-state index < -0.39 is 6.10 Å². The molecular formula is C23H32NO2+. The van der Waals surface area contributed by atoms with Gasteiger partial charge in [0.05, 0.1) is 19.7 Å². The molecule has 2 aromatic carbocycles. The summed E-state index contributed by atoms with van der Waals surface area (Å²) < 4.78 is 6.26. The van der Waals surface area contributed by atoms with Gasteiger partial charge in [-0.05, 0) is 36.5 Å². The van der Waals surface area contributed by atoms with E-state index in [1.807, 2.05) is 18.2 Å². The Labute approximate surface area is 157 Å². The van der Waals surface area contributed by atoms with Crippen molar-refractivity contribution in [3.8, 4) is 0 Å². The molecule has 3 heteroatoms. The fourth-order valence-corrected chi connectivity index (χ4v) is 4.06. The van der Waals surface area contributed by atoms with E-state index >= 15 is 0 Å². The summed E-state index contributed by atoms with van der Waals surface area (Å²) in [4.78, 5) is 1.51. The molecule has 0 saturated carbocycles. The average molecular weight is 355 g/mol. The molecule has 1 fully saturated rings. The zero-order valence-corrected chi connectivity index (χ0v) is 16.0. The zero-order valence-electron chi connectivity index (χ0n) is 16.0. The summed E-state index contributed by atoms with van der Waals surface area (Å²) in [5.41, 5.74) is 3.52. The van der Waals surface area contributed by atoms with Crippen LogP contribution < -0.4 is 4.90 Å². The monoisotopic (exact) mass is 354 g/mol. The molecule has 26 heavy (non-hydrogen) atoms. The number of aryl methyl sites for hydroxylation is 1. The molecule has 4 atom stereocenters. The average Bonchev–Trinajstić information content (AvgIpc) is 2.64. The van der Waals surface area contributed by atoms with Crippen molar-refractivity contribution in [2.45, 2.75) is 38.9 Å². The first-order valence-electron chi connectivity index (χ1n) is 9.87. The summed E-state index contributed by atoms with van der Waals surface area (Å²) in [5.74, 6) is 0.760. The quantitative estimate of drug-likeness (QED) is 0.802.